The first-order valence-electron chi connectivity index (χ1n) is 4.16. The lowest BCUT2D eigenvalue weighted by Gasteiger charge is -2.11. The first-order valence-corrected chi connectivity index (χ1v) is 5.40. The second-order valence-corrected chi connectivity index (χ2v) is 3.27. The first kappa shape index (κ1) is 12.4. The topological polar surface area (TPSA) is 18.5 Å². The smallest absolute Gasteiger partial charge is 0.156 e. The van der Waals surface area contributed by atoms with E-state index in [1.165, 1.54) is 6.42 Å². The van der Waals surface area contributed by atoms with Crippen molar-refractivity contribution in [1.29, 1.82) is 0 Å². The molecule has 0 bridgehead atoms. The van der Waals surface area contributed by atoms with Gasteiger partial charge in [-0.3, -0.25) is 0 Å². The van der Waals surface area contributed by atoms with E-state index in [0.717, 1.165) is 19.3 Å². The lowest BCUT2D eigenvalue weighted by atomic mass is 10.2. The second kappa shape index (κ2) is 9.48. The second-order valence-electron chi connectivity index (χ2n) is 2.55. The molecule has 0 aromatic rings. The molecule has 0 saturated carbocycles. The number of allylic oxidation sites excluding steroid dienone is 1. The first-order chi connectivity index (χ1) is 5.85. The van der Waals surface area contributed by atoms with Gasteiger partial charge in [0.2, 0.25) is 0 Å². The van der Waals surface area contributed by atoms with Crippen LogP contribution in [0.2, 0.25) is 0 Å². The highest BCUT2D eigenvalue weighted by Crippen LogP contribution is 2.07. The molecular weight excluding hydrogens is 267 g/mol. The molecule has 0 aliphatic heterocycles. The van der Waals surface area contributed by atoms with Gasteiger partial charge in [0.15, 0.2) is 6.29 Å². The van der Waals surface area contributed by atoms with Crippen LogP contribution in [-0.2, 0) is 9.47 Å². The van der Waals surface area contributed by atoms with Gasteiger partial charge in [0.05, 0.1) is 0 Å². The van der Waals surface area contributed by atoms with Crippen LogP contribution < -0.4 is 0 Å². The molecule has 0 aliphatic carbocycles. The van der Waals surface area contributed by atoms with Crippen molar-refractivity contribution in [3.8, 4) is 0 Å². The summed E-state index contributed by atoms with van der Waals surface area (Å²) < 4.78 is 12.2. The monoisotopic (exact) mass is 284 g/mol. The normalized spacial score (nSPS) is 11.7. The van der Waals surface area contributed by atoms with E-state index >= 15 is 0 Å². The number of halogens is 1. The van der Waals surface area contributed by atoms with Crippen molar-refractivity contribution in [3.63, 3.8) is 0 Å². The van der Waals surface area contributed by atoms with Crippen LogP contribution in [0.25, 0.3) is 0 Å². The molecule has 0 N–H and O–H groups in total. The molecule has 0 unspecified atom stereocenters. The summed E-state index contributed by atoms with van der Waals surface area (Å²) in [6.07, 6.45) is 6.67. The molecular formula is C9H17IO2. The van der Waals surface area contributed by atoms with E-state index in [2.05, 4.69) is 32.7 Å². The largest absolute Gasteiger partial charge is 0.356 e. The molecule has 0 heterocycles. The van der Waals surface area contributed by atoms with Crippen molar-refractivity contribution in [2.24, 2.45) is 0 Å². The third kappa shape index (κ3) is 7.06. The maximum Gasteiger partial charge on any atom is 0.156 e. The number of hydrogen-bond acceptors (Lipinski definition) is 2. The predicted molar refractivity (Wildman–Crippen MR) is 59.4 cm³/mol. The molecule has 2 nitrogen and oxygen atoms in total. The fourth-order valence-electron chi connectivity index (χ4n) is 0.968. The molecule has 72 valence electrons. The Morgan fingerprint density at radius 3 is 2.42 bits per heavy atom. The lowest BCUT2D eigenvalue weighted by molar-refractivity contribution is -0.107. The van der Waals surface area contributed by atoms with Crippen molar-refractivity contribution in [2.75, 3.05) is 14.2 Å². The Labute approximate surface area is 88.5 Å². The van der Waals surface area contributed by atoms with Gasteiger partial charge < -0.3 is 9.47 Å². The molecule has 3 heteroatoms. The maximum atomic E-state index is 5.06. The molecule has 0 aromatic heterocycles. The molecule has 12 heavy (non-hydrogen) atoms. The Balaban J connectivity index is 3.17. The van der Waals surface area contributed by atoms with Crippen LogP contribution in [0.1, 0.15) is 25.7 Å². The molecule has 0 radical (unpaired) electrons. The van der Waals surface area contributed by atoms with Crippen LogP contribution in [0.5, 0.6) is 0 Å². The fraction of sp³-hybridized carbons (Fsp3) is 0.778. The Morgan fingerprint density at radius 1 is 1.25 bits per heavy atom. The van der Waals surface area contributed by atoms with Crippen molar-refractivity contribution in [3.05, 3.63) is 10.2 Å². The fourth-order valence-corrected chi connectivity index (χ4v) is 1.33. The summed E-state index contributed by atoms with van der Waals surface area (Å²) in [5.74, 6) is 0. The third-order valence-corrected chi connectivity index (χ3v) is 2.18. The van der Waals surface area contributed by atoms with Gasteiger partial charge in [-0.15, -0.1) is 0 Å². The van der Waals surface area contributed by atoms with Gasteiger partial charge in [-0.05, 0) is 29.8 Å². The minimum atomic E-state index is -0.0198. The van der Waals surface area contributed by atoms with E-state index in [-0.39, 0.29) is 6.29 Å². The highest BCUT2D eigenvalue weighted by Gasteiger charge is 2.02. The molecule has 0 aliphatic rings. The van der Waals surface area contributed by atoms with Crippen LogP contribution >= 0.6 is 22.6 Å². The summed E-state index contributed by atoms with van der Waals surface area (Å²) in [5, 5.41) is 0. The van der Waals surface area contributed by atoms with Gasteiger partial charge in [0.25, 0.3) is 0 Å². The minimum Gasteiger partial charge on any atom is -0.356 e. The van der Waals surface area contributed by atoms with Crippen molar-refractivity contribution >= 4 is 22.6 Å². The van der Waals surface area contributed by atoms with Gasteiger partial charge in [0.1, 0.15) is 0 Å². The Kier molecular flexibility index (Phi) is 9.79. The van der Waals surface area contributed by atoms with E-state index in [0.29, 0.717) is 0 Å². The number of methoxy groups -OCH3 is 2. The summed E-state index contributed by atoms with van der Waals surface area (Å²) in [6.45, 7) is 0. The van der Waals surface area contributed by atoms with Gasteiger partial charge in [0, 0.05) is 14.2 Å². The van der Waals surface area contributed by atoms with Crippen molar-refractivity contribution < 1.29 is 9.47 Å². The average molecular weight is 284 g/mol. The summed E-state index contributed by atoms with van der Waals surface area (Å²) in [5.41, 5.74) is 0. The molecule has 0 amide bonds. The molecule has 0 atom stereocenters. The van der Waals surface area contributed by atoms with Gasteiger partial charge in [-0.2, -0.15) is 0 Å². The zero-order chi connectivity index (χ0) is 9.23. The predicted octanol–water partition coefficient (Wildman–Crippen LogP) is 3.11. The van der Waals surface area contributed by atoms with Gasteiger partial charge in [-0.1, -0.05) is 28.7 Å². The van der Waals surface area contributed by atoms with Gasteiger partial charge >= 0.3 is 0 Å². The standard InChI is InChI=1S/C9H17IO2/c1-11-9(12-2)7-5-3-4-6-8-10/h6,8-9H,3-5,7H2,1-2H3/b8-6-. The Bertz CT molecular complexity index is 111. The van der Waals surface area contributed by atoms with E-state index in [9.17, 15) is 0 Å². The highest BCUT2D eigenvalue weighted by atomic mass is 127. The zero-order valence-electron chi connectivity index (χ0n) is 7.75. The summed E-state index contributed by atoms with van der Waals surface area (Å²) in [6, 6.07) is 0. The third-order valence-electron chi connectivity index (χ3n) is 1.68. The average Bonchev–Trinajstić information content (AvgIpc) is 2.11. The molecule has 0 aromatic carbocycles. The zero-order valence-corrected chi connectivity index (χ0v) is 9.91. The van der Waals surface area contributed by atoms with Crippen LogP contribution in [0.3, 0.4) is 0 Å². The van der Waals surface area contributed by atoms with E-state index in [1.807, 2.05) is 0 Å². The highest BCUT2D eigenvalue weighted by molar-refractivity contribution is 14.1. The van der Waals surface area contributed by atoms with Crippen LogP contribution in [-0.4, -0.2) is 20.5 Å². The maximum absolute atomic E-state index is 5.06. The summed E-state index contributed by atoms with van der Waals surface area (Å²) in [4.78, 5) is 0. The van der Waals surface area contributed by atoms with E-state index < -0.39 is 0 Å². The van der Waals surface area contributed by atoms with Crippen LogP contribution in [0, 0.1) is 0 Å². The summed E-state index contributed by atoms with van der Waals surface area (Å²) >= 11 is 2.24. The molecule has 0 fully saturated rings. The van der Waals surface area contributed by atoms with E-state index in [4.69, 9.17) is 9.47 Å². The Hall–Kier alpha value is 0.390. The molecule has 0 rings (SSSR count). The minimum absolute atomic E-state index is 0.0198. The lowest BCUT2D eigenvalue weighted by Crippen LogP contribution is -2.12. The van der Waals surface area contributed by atoms with Crippen molar-refractivity contribution in [2.45, 2.75) is 32.0 Å². The number of ether oxygens (including phenoxy) is 2. The SMILES string of the molecule is COC(CCCC/C=C\I)OC. The van der Waals surface area contributed by atoms with Crippen LogP contribution in [0.4, 0.5) is 0 Å². The number of unbranched alkanes of at least 4 members (excludes halogenated alkanes) is 2. The van der Waals surface area contributed by atoms with Gasteiger partial charge in [-0.25, -0.2) is 0 Å². The quantitative estimate of drug-likeness (QED) is 0.406. The van der Waals surface area contributed by atoms with E-state index in [1.54, 1.807) is 14.2 Å². The number of hydrogen-bond donors (Lipinski definition) is 0. The Morgan fingerprint density at radius 2 is 1.92 bits per heavy atom. The summed E-state index contributed by atoms with van der Waals surface area (Å²) in [7, 11) is 3.36. The molecule has 0 saturated heterocycles. The van der Waals surface area contributed by atoms with Crippen LogP contribution in [0.15, 0.2) is 10.2 Å². The van der Waals surface area contributed by atoms with Crippen molar-refractivity contribution in [1.82, 2.24) is 0 Å². The number of rotatable bonds is 7. The molecule has 0 spiro atoms.